The average molecular weight is 565 g/mol. The third-order valence-corrected chi connectivity index (χ3v) is 8.03. The molecule has 1 fully saturated rings. The molecule has 9 nitrogen and oxygen atoms in total. The first-order chi connectivity index (χ1) is 16.8. The second-order valence-corrected chi connectivity index (χ2v) is 11.7. The Morgan fingerprint density at radius 2 is 1.94 bits per heavy atom. The normalized spacial score (nSPS) is 18.3. The Morgan fingerprint density at radius 1 is 1.14 bits per heavy atom. The zero-order chi connectivity index (χ0) is 24.8. The summed E-state index contributed by atoms with van der Waals surface area (Å²) >= 11 is 3.34. The molecule has 1 saturated heterocycles. The van der Waals surface area contributed by atoms with E-state index in [-0.39, 0.29) is 17.4 Å². The number of fused-ring (bicyclic) bond motifs is 1. The van der Waals surface area contributed by atoms with Crippen LogP contribution in [-0.2, 0) is 25.1 Å². The number of benzene rings is 2. The molecule has 0 aliphatic carbocycles. The van der Waals surface area contributed by atoms with E-state index < -0.39 is 21.8 Å². The van der Waals surface area contributed by atoms with Gasteiger partial charge in [0.1, 0.15) is 6.04 Å². The maximum absolute atomic E-state index is 12.7. The average Bonchev–Trinajstić information content (AvgIpc) is 2.82. The van der Waals surface area contributed by atoms with Crippen molar-refractivity contribution in [2.24, 2.45) is 0 Å². The molecule has 4 rings (SSSR count). The molecule has 3 N–H and O–H groups in total. The van der Waals surface area contributed by atoms with Gasteiger partial charge in [-0.05, 0) is 48.9 Å². The maximum atomic E-state index is 12.7. The fourth-order valence-corrected chi connectivity index (χ4v) is 6.12. The molecule has 2 aliphatic rings. The van der Waals surface area contributed by atoms with Crippen LogP contribution in [0.3, 0.4) is 0 Å². The molecule has 0 bridgehead atoms. The Kier molecular flexibility index (Phi) is 8.42. The first kappa shape index (κ1) is 25.6. The van der Waals surface area contributed by atoms with Gasteiger partial charge in [-0.15, -0.1) is 0 Å². The van der Waals surface area contributed by atoms with E-state index in [1.807, 2.05) is 6.07 Å². The zero-order valence-corrected chi connectivity index (χ0v) is 21.7. The number of hydrogen-bond acceptors (Lipinski definition) is 7. The molecule has 2 heterocycles. The molecule has 2 aliphatic heterocycles. The summed E-state index contributed by atoms with van der Waals surface area (Å²) in [5.74, 6) is -1.16. The summed E-state index contributed by atoms with van der Waals surface area (Å²) in [5.41, 5.74) is 2.11. The van der Waals surface area contributed by atoms with Crippen molar-refractivity contribution in [3.8, 4) is 0 Å². The van der Waals surface area contributed by atoms with Gasteiger partial charge in [0.15, 0.2) is 9.84 Å². The fraction of sp³-hybridized carbons (Fsp3) is 0.417. The van der Waals surface area contributed by atoms with Crippen LogP contribution in [0.15, 0.2) is 46.9 Å². The molecule has 1 atom stereocenters. The van der Waals surface area contributed by atoms with Gasteiger partial charge in [0.2, 0.25) is 5.91 Å². The van der Waals surface area contributed by atoms with Gasteiger partial charge in [-0.3, -0.25) is 14.5 Å². The number of morpholine rings is 1. The van der Waals surface area contributed by atoms with E-state index in [4.69, 9.17) is 4.74 Å². The SMILES string of the molecule is O=C(NCCCN1CCOCC1)c1ccc2c(c1)NC(=O)[C@H](CS(=O)(=O)Cc1cccc(Br)c1)N2. The summed E-state index contributed by atoms with van der Waals surface area (Å²) in [6.07, 6.45) is 0.838. The van der Waals surface area contributed by atoms with Gasteiger partial charge < -0.3 is 20.7 Å². The first-order valence-corrected chi connectivity index (χ1v) is 14.2. The molecule has 0 saturated carbocycles. The number of carbonyl (C=O) groups is 2. The number of nitrogens with one attached hydrogen (secondary N) is 3. The van der Waals surface area contributed by atoms with Crippen LogP contribution in [0.25, 0.3) is 0 Å². The molecule has 0 unspecified atom stereocenters. The van der Waals surface area contributed by atoms with Crippen LogP contribution in [0.4, 0.5) is 11.4 Å². The Bertz CT molecular complexity index is 1180. The molecule has 11 heteroatoms. The van der Waals surface area contributed by atoms with Gasteiger partial charge in [-0.2, -0.15) is 0 Å². The van der Waals surface area contributed by atoms with Gasteiger partial charge in [-0.25, -0.2) is 8.42 Å². The highest BCUT2D eigenvalue weighted by Crippen LogP contribution is 2.28. The number of ether oxygens (including phenoxy) is 1. The quantitative estimate of drug-likeness (QED) is 0.400. The Balaban J connectivity index is 1.31. The lowest BCUT2D eigenvalue weighted by Gasteiger charge is -2.27. The van der Waals surface area contributed by atoms with E-state index in [0.717, 1.165) is 43.7 Å². The van der Waals surface area contributed by atoms with E-state index in [0.29, 0.717) is 29.0 Å². The Morgan fingerprint density at radius 3 is 2.71 bits per heavy atom. The van der Waals surface area contributed by atoms with Crippen LogP contribution in [0.2, 0.25) is 0 Å². The number of anilines is 2. The van der Waals surface area contributed by atoms with Crippen LogP contribution in [-0.4, -0.2) is 76.3 Å². The van der Waals surface area contributed by atoms with Crippen LogP contribution < -0.4 is 16.0 Å². The molecule has 35 heavy (non-hydrogen) atoms. The van der Waals surface area contributed by atoms with Crippen molar-refractivity contribution >= 4 is 49.0 Å². The maximum Gasteiger partial charge on any atom is 0.251 e. The molecule has 0 radical (unpaired) electrons. The van der Waals surface area contributed by atoms with Crippen molar-refractivity contribution in [1.82, 2.24) is 10.2 Å². The number of carbonyl (C=O) groups excluding carboxylic acids is 2. The highest BCUT2D eigenvalue weighted by atomic mass is 79.9. The van der Waals surface area contributed by atoms with Crippen molar-refractivity contribution in [3.05, 3.63) is 58.1 Å². The minimum atomic E-state index is -3.55. The van der Waals surface area contributed by atoms with Crippen LogP contribution in [0, 0.1) is 0 Å². The van der Waals surface area contributed by atoms with Crippen LogP contribution >= 0.6 is 15.9 Å². The number of hydrogen-bond donors (Lipinski definition) is 3. The Hall–Kier alpha value is -2.47. The van der Waals surface area contributed by atoms with Gasteiger partial charge in [0, 0.05) is 29.7 Å². The summed E-state index contributed by atoms with van der Waals surface area (Å²) < 4.78 is 31.5. The molecule has 188 valence electrons. The molecule has 0 aromatic heterocycles. The summed E-state index contributed by atoms with van der Waals surface area (Å²) in [4.78, 5) is 27.5. The molecule has 2 aromatic rings. The van der Waals surface area contributed by atoms with Gasteiger partial charge in [-0.1, -0.05) is 28.1 Å². The molecular weight excluding hydrogens is 536 g/mol. The number of sulfone groups is 1. The third-order valence-electron chi connectivity index (χ3n) is 5.92. The van der Waals surface area contributed by atoms with Crippen molar-refractivity contribution in [2.45, 2.75) is 18.2 Å². The topological polar surface area (TPSA) is 117 Å². The standard InChI is InChI=1S/C24H29BrN4O5S/c25-19-4-1-3-17(13-19)15-35(32,33)16-22-24(31)28-21-14-18(5-6-20(21)27-22)23(30)26-7-2-8-29-9-11-34-12-10-29/h1,3-6,13-14,22,27H,2,7-12,15-16H2,(H,26,30)(H,28,31)/t22-/m0/s1. The summed E-state index contributed by atoms with van der Waals surface area (Å²) in [7, 11) is -3.55. The lowest BCUT2D eigenvalue weighted by molar-refractivity contribution is -0.116. The number of rotatable bonds is 9. The minimum absolute atomic E-state index is 0.157. The van der Waals surface area contributed by atoms with Gasteiger partial charge >= 0.3 is 0 Å². The molecular formula is C24H29BrN4O5S. The van der Waals surface area contributed by atoms with E-state index in [2.05, 4.69) is 36.8 Å². The van der Waals surface area contributed by atoms with Gasteiger partial charge in [0.25, 0.3) is 5.91 Å². The van der Waals surface area contributed by atoms with Crippen molar-refractivity contribution < 1.29 is 22.7 Å². The molecule has 2 amide bonds. The number of halogens is 1. The first-order valence-electron chi connectivity index (χ1n) is 11.5. The van der Waals surface area contributed by atoms with Gasteiger partial charge in [0.05, 0.1) is 36.1 Å². The summed E-state index contributed by atoms with van der Waals surface area (Å²) in [6.45, 7) is 4.78. The predicted molar refractivity (Wildman–Crippen MR) is 138 cm³/mol. The number of amides is 2. The van der Waals surface area contributed by atoms with E-state index in [1.165, 1.54) is 0 Å². The Labute approximate surface area is 213 Å². The van der Waals surface area contributed by atoms with Crippen molar-refractivity contribution in [2.75, 3.05) is 55.8 Å². The lowest BCUT2D eigenvalue weighted by atomic mass is 10.1. The highest BCUT2D eigenvalue weighted by Gasteiger charge is 2.30. The fourth-order valence-electron chi connectivity index (χ4n) is 4.13. The minimum Gasteiger partial charge on any atom is -0.379 e. The van der Waals surface area contributed by atoms with Crippen molar-refractivity contribution in [3.63, 3.8) is 0 Å². The van der Waals surface area contributed by atoms with Crippen LogP contribution in [0.5, 0.6) is 0 Å². The molecule has 2 aromatic carbocycles. The lowest BCUT2D eigenvalue weighted by Crippen LogP contribution is -2.43. The summed E-state index contributed by atoms with van der Waals surface area (Å²) in [6, 6.07) is 11.1. The third kappa shape index (κ3) is 7.26. The predicted octanol–water partition coefficient (Wildman–Crippen LogP) is 2.25. The zero-order valence-electron chi connectivity index (χ0n) is 19.3. The molecule has 0 spiro atoms. The second kappa shape index (κ2) is 11.5. The van der Waals surface area contributed by atoms with E-state index in [1.54, 1.807) is 36.4 Å². The summed E-state index contributed by atoms with van der Waals surface area (Å²) in [5, 5.41) is 8.66. The van der Waals surface area contributed by atoms with Crippen LogP contribution in [0.1, 0.15) is 22.3 Å². The monoisotopic (exact) mass is 564 g/mol. The smallest absolute Gasteiger partial charge is 0.251 e. The van der Waals surface area contributed by atoms with E-state index in [9.17, 15) is 18.0 Å². The largest absolute Gasteiger partial charge is 0.379 e. The van der Waals surface area contributed by atoms with E-state index >= 15 is 0 Å². The number of nitrogens with zero attached hydrogens (tertiary/aromatic N) is 1. The van der Waals surface area contributed by atoms with Crippen molar-refractivity contribution in [1.29, 1.82) is 0 Å². The highest BCUT2D eigenvalue weighted by molar-refractivity contribution is 9.10. The second-order valence-electron chi connectivity index (χ2n) is 8.69.